The summed E-state index contributed by atoms with van der Waals surface area (Å²) in [5.74, 6) is -0.787. The van der Waals surface area contributed by atoms with Crippen LogP contribution in [0.5, 0.6) is 0 Å². The van der Waals surface area contributed by atoms with E-state index >= 15 is 0 Å². The highest BCUT2D eigenvalue weighted by Gasteiger charge is 2.14. The van der Waals surface area contributed by atoms with E-state index in [4.69, 9.17) is 0 Å². The summed E-state index contributed by atoms with van der Waals surface area (Å²) in [5.41, 5.74) is 1.46. The normalized spacial score (nSPS) is 10.1. The molecule has 2 aromatic rings. The molecule has 0 aliphatic heterocycles. The van der Waals surface area contributed by atoms with E-state index in [0.29, 0.717) is 12.1 Å². The number of hydrogen-bond donors (Lipinski definition) is 3. The fraction of sp³-hybridized carbons (Fsp3) is 0.200. The third-order valence-electron chi connectivity index (χ3n) is 3.20. The van der Waals surface area contributed by atoms with Crippen molar-refractivity contribution in [3.8, 4) is 0 Å². The standard InChI is InChI=1S/C15H16N4O4/c1-10-7-11(4-5-13(10)19(22)23)15(21)18-9-14(20)17-8-12-3-2-6-16-12/h2-7,16H,8-9H2,1H3,(H,17,20)(H,18,21). The molecule has 8 heteroatoms. The molecule has 0 aliphatic rings. The molecule has 0 saturated heterocycles. The Kier molecular flexibility index (Phi) is 5.08. The quantitative estimate of drug-likeness (QED) is 0.549. The predicted octanol–water partition coefficient (Wildman–Crippen LogP) is 1.28. The first kappa shape index (κ1) is 16.2. The lowest BCUT2D eigenvalue weighted by molar-refractivity contribution is -0.385. The maximum atomic E-state index is 11.9. The Labute approximate surface area is 132 Å². The van der Waals surface area contributed by atoms with E-state index in [1.54, 1.807) is 13.1 Å². The molecule has 2 rings (SSSR count). The number of nitro benzene ring substituents is 1. The van der Waals surface area contributed by atoms with Crippen molar-refractivity contribution in [2.45, 2.75) is 13.5 Å². The van der Waals surface area contributed by atoms with Crippen LogP contribution in [0.1, 0.15) is 21.6 Å². The molecule has 0 unspecified atom stereocenters. The molecule has 1 aromatic carbocycles. The maximum absolute atomic E-state index is 11.9. The summed E-state index contributed by atoms with van der Waals surface area (Å²) in [5, 5.41) is 15.9. The lowest BCUT2D eigenvalue weighted by Gasteiger charge is -2.07. The lowest BCUT2D eigenvalue weighted by Crippen LogP contribution is -2.36. The van der Waals surface area contributed by atoms with Crippen LogP contribution in [0.2, 0.25) is 0 Å². The zero-order valence-corrected chi connectivity index (χ0v) is 12.5. The molecule has 0 saturated carbocycles. The van der Waals surface area contributed by atoms with Gasteiger partial charge < -0.3 is 15.6 Å². The van der Waals surface area contributed by atoms with Crippen molar-refractivity contribution in [1.29, 1.82) is 0 Å². The van der Waals surface area contributed by atoms with E-state index in [9.17, 15) is 19.7 Å². The number of nitrogens with zero attached hydrogens (tertiary/aromatic N) is 1. The Morgan fingerprint density at radius 3 is 2.65 bits per heavy atom. The summed E-state index contributed by atoms with van der Waals surface area (Å²) < 4.78 is 0. The lowest BCUT2D eigenvalue weighted by atomic mass is 10.1. The molecule has 1 heterocycles. The van der Waals surface area contributed by atoms with Gasteiger partial charge in [0.25, 0.3) is 11.6 Å². The van der Waals surface area contributed by atoms with Crippen LogP contribution in [0.3, 0.4) is 0 Å². The average molecular weight is 316 g/mol. The first-order valence-electron chi connectivity index (χ1n) is 6.89. The highest BCUT2D eigenvalue weighted by molar-refractivity contribution is 5.96. The Morgan fingerprint density at radius 2 is 2.04 bits per heavy atom. The van der Waals surface area contributed by atoms with Gasteiger partial charge in [0.15, 0.2) is 0 Å². The minimum atomic E-state index is -0.509. The molecule has 2 amide bonds. The van der Waals surface area contributed by atoms with Gasteiger partial charge in [0, 0.05) is 29.1 Å². The monoisotopic (exact) mass is 316 g/mol. The second-order valence-electron chi connectivity index (χ2n) is 4.91. The van der Waals surface area contributed by atoms with Gasteiger partial charge in [-0.15, -0.1) is 0 Å². The number of aryl methyl sites for hydroxylation is 1. The molecular weight excluding hydrogens is 300 g/mol. The van der Waals surface area contributed by atoms with Crippen LogP contribution in [-0.2, 0) is 11.3 Å². The number of carbonyl (C=O) groups excluding carboxylic acids is 2. The van der Waals surface area contributed by atoms with Crippen molar-refractivity contribution in [3.05, 3.63) is 63.5 Å². The summed E-state index contributed by atoms with van der Waals surface area (Å²) in [6, 6.07) is 7.70. The van der Waals surface area contributed by atoms with E-state index in [0.717, 1.165) is 5.69 Å². The van der Waals surface area contributed by atoms with Gasteiger partial charge in [-0.25, -0.2) is 0 Å². The van der Waals surface area contributed by atoms with E-state index < -0.39 is 10.8 Å². The second kappa shape index (κ2) is 7.21. The topological polar surface area (TPSA) is 117 Å². The summed E-state index contributed by atoms with van der Waals surface area (Å²) in [6.07, 6.45) is 1.75. The maximum Gasteiger partial charge on any atom is 0.272 e. The highest BCUT2D eigenvalue weighted by atomic mass is 16.6. The highest BCUT2D eigenvalue weighted by Crippen LogP contribution is 2.18. The number of aromatic amines is 1. The SMILES string of the molecule is Cc1cc(C(=O)NCC(=O)NCc2ccc[nH]2)ccc1[N+](=O)[O-]. The van der Waals surface area contributed by atoms with E-state index in [2.05, 4.69) is 15.6 Å². The summed E-state index contributed by atoms with van der Waals surface area (Å²) in [7, 11) is 0. The third-order valence-corrected chi connectivity index (χ3v) is 3.20. The van der Waals surface area contributed by atoms with Gasteiger partial charge >= 0.3 is 0 Å². The molecule has 0 atom stereocenters. The number of benzene rings is 1. The fourth-order valence-electron chi connectivity index (χ4n) is 2.00. The minimum Gasteiger partial charge on any atom is -0.364 e. The Bertz CT molecular complexity index is 725. The van der Waals surface area contributed by atoms with Crippen LogP contribution in [0, 0.1) is 17.0 Å². The zero-order valence-electron chi connectivity index (χ0n) is 12.5. The Balaban J connectivity index is 1.85. The third kappa shape index (κ3) is 4.40. The van der Waals surface area contributed by atoms with Crippen molar-refractivity contribution in [1.82, 2.24) is 15.6 Å². The van der Waals surface area contributed by atoms with Crippen molar-refractivity contribution >= 4 is 17.5 Å². The van der Waals surface area contributed by atoms with Gasteiger partial charge in [-0.1, -0.05) is 0 Å². The second-order valence-corrected chi connectivity index (χ2v) is 4.91. The Morgan fingerprint density at radius 1 is 1.26 bits per heavy atom. The molecule has 0 radical (unpaired) electrons. The predicted molar refractivity (Wildman–Crippen MR) is 82.8 cm³/mol. The Hall–Kier alpha value is -3.16. The number of hydrogen-bond acceptors (Lipinski definition) is 4. The molecule has 1 aromatic heterocycles. The van der Waals surface area contributed by atoms with Gasteiger partial charge in [0.05, 0.1) is 18.0 Å². The molecule has 0 fully saturated rings. The van der Waals surface area contributed by atoms with Gasteiger partial charge in [-0.05, 0) is 31.2 Å². The van der Waals surface area contributed by atoms with Gasteiger partial charge in [0.2, 0.25) is 5.91 Å². The molecule has 8 nitrogen and oxygen atoms in total. The van der Waals surface area contributed by atoms with Crippen molar-refractivity contribution in [3.63, 3.8) is 0 Å². The fourth-order valence-corrected chi connectivity index (χ4v) is 2.00. The minimum absolute atomic E-state index is 0.0507. The number of nitro groups is 1. The van der Waals surface area contributed by atoms with Crippen LogP contribution >= 0.6 is 0 Å². The van der Waals surface area contributed by atoms with Crippen LogP contribution < -0.4 is 10.6 Å². The molecular formula is C15H16N4O4. The number of H-pyrrole nitrogens is 1. The smallest absolute Gasteiger partial charge is 0.272 e. The number of amides is 2. The van der Waals surface area contributed by atoms with Crippen LogP contribution in [0.25, 0.3) is 0 Å². The van der Waals surface area contributed by atoms with Crippen molar-refractivity contribution in [2.75, 3.05) is 6.54 Å². The molecule has 0 bridgehead atoms. The summed E-state index contributed by atoms with van der Waals surface area (Å²) in [6.45, 7) is 1.73. The zero-order chi connectivity index (χ0) is 16.8. The van der Waals surface area contributed by atoms with Crippen LogP contribution in [0.15, 0.2) is 36.5 Å². The van der Waals surface area contributed by atoms with Crippen LogP contribution in [-0.4, -0.2) is 28.3 Å². The molecule has 0 spiro atoms. The first-order chi connectivity index (χ1) is 11.0. The number of carbonyl (C=O) groups is 2. The largest absolute Gasteiger partial charge is 0.364 e. The van der Waals surface area contributed by atoms with E-state index in [1.807, 2.05) is 12.1 Å². The number of rotatable bonds is 6. The van der Waals surface area contributed by atoms with Gasteiger partial charge in [-0.2, -0.15) is 0 Å². The molecule has 0 aliphatic carbocycles. The first-order valence-corrected chi connectivity index (χ1v) is 6.89. The molecule has 23 heavy (non-hydrogen) atoms. The average Bonchev–Trinajstić information content (AvgIpc) is 3.03. The number of nitrogens with one attached hydrogen (secondary N) is 3. The van der Waals surface area contributed by atoms with Gasteiger partial charge in [0.1, 0.15) is 0 Å². The van der Waals surface area contributed by atoms with E-state index in [1.165, 1.54) is 18.2 Å². The molecule has 3 N–H and O–H groups in total. The van der Waals surface area contributed by atoms with Crippen molar-refractivity contribution in [2.24, 2.45) is 0 Å². The summed E-state index contributed by atoms with van der Waals surface area (Å²) >= 11 is 0. The van der Waals surface area contributed by atoms with Gasteiger partial charge in [-0.3, -0.25) is 19.7 Å². The summed E-state index contributed by atoms with van der Waals surface area (Å²) in [4.78, 5) is 36.8. The van der Waals surface area contributed by atoms with E-state index in [-0.39, 0.29) is 23.7 Å². The number of aromatic nitrogens is 1. The van der Waals surface area contributed by atoms with Crippen molar-refractivity contribution < 1.29 is 14.5 Å². The van der Waals surface area contributed by atoms with Crippen LogP contribution in [0.4, 0.5) is 5.69 Å². The molecule has 120 valence electrons.